The Kier molecular flexibility index (Phi) is 3.93. The van der Waals surface area contributed by atoms with E-state index in [9.17, 15) is 8.42 Å². The predicted molar refractivity (Wildman–Crippen MR) is 72.9 cm³/mol. The minimum atomic E-state index is -3.57. The predicted octanol–water partition coefficient (Wildman–Crippen LogP) is 2.37. The molecule has 0 aliphatic carbocycles. The lowest BCUT2D eigenvalue weighted by molar-refractivity contribution is 0.220. The number of hydrogen-bond donors (Lipinski definition) is 0. The minimum Gasteiger partial charge on any atom is -0.207 e. The monoisotopic (exact) mass is 278 g/mol. The maximum absolute atomic E-state index is 12.7. The van der Waals surface area contributed by atoms with Gasteiger partial charge in [0.1, 0.15) is 6.07 Å². The first-order valence-electron chi connectivity index (χ1n) is 6.47. The zero-order valence-electron chi connectivity index (χ0n) is 11.2. The lowest BCUT2D eigenvalue weighted by Crippen LogP contribution is -2.44. The Morgan fingerprint density at radius 1 is 1.32 bits per heavy atom. The molecule has 1 aromatic carbocycles. The highest BCUT2D eigenvalue weighted by Gasteiger charge is 2.34. The molecule has 4 nitrogen and oxygen atoms in total. The summed E-state index contributed by atoms with van der Waals surface area (Å²) in [4.78, 5) is 0.124. The molecular weight excluding hydrogens is 260 g/mol. The molecule has 0 aromatic heterocycles. The van der Waals surface area contributed by atoms with E-state index in [-0.39, 0.29) is 16.5 Å². The lowest BCUT2D eigenvalue weighted by Gasteiger charge is -2.35. The van der Waals surface area contributed by atoms with Gasteiger partial charge < -0.3 is 0 Å². The second-order valence-electron chi connectivity index (χ2n) is 5.20. The van der Waals surface area contributed by atoms with Crippen LogP contribution in [-0.4, -0.2) is 25.3 Å². The van der Waals surface area contributed by atoms with Gasteiger partial charge in [0.05, 0.1) is 10.5 Å². The van der Waals surface area contributed by atoms with Gasteiger partial charge in [0, 0.05) is 12.6 Å². The van der Waals surface area contributed by atoms with Crippen LogP contribution in [0.5, 0.6) is 0 Å². The molecule has 1 heterocycles. The Hall–Kier alpha value is -1.38. The number of sulfonamides is 1. The largest absolute Gasteiger partial charge is 0.244 e. The topological polar surface area (TPSA) is 61.2 Å². The highest BCUT2D eigenvalue weighted by Crippen LogP contribution is 2.29. The van der Waals surface area contributed by atoms with Crippen LogP contribution >= 0.6 is 0 Å². The van der Waals surface area contributed by atoms with E-state index in [4.69, 9.17) is 5.26 Å². The SMILES string of the molecule is CC1CCN(S(=O)(=O)c2ccccc2C#N)C(C)C1. The fraction of sp³-hybridized carbons (Fsp3) is 0.500. The van der Waals surface area contributed by atoms with E-state index in [1.54, 1.807) is 18.2 Å². The van der Waals surface area contributed by atoms with Crippen molar-refractivity contribution in [2.45, 2.75) is 37.6 Å². The molecule has 0 bridgehead atoms. The van der Waals surface area contributed by atoms with Crippen LogP contribution in [0.4, 0.5) is 0 Å². The van der Waals surface area contributed by atoms with Crippen molar-refractivity contribution in [3.8, 4) is 6.07 Å². The zero-order chi connectivity index (χ0) is 14.0. The summed E-state index contributed by atoms with van der Waals surface area (Å²) in [6.45, 7) is 4.61. The van der Waals surface area contributed by atoms with Crippen molar-refractivity contribution in [2.75, 3.05) is 6.54 Å². The molecule has 1 saturated heterocycles. The van der Waals surface area contributed by atoms with Gasteiger partial charge in [-0.25, -0.2) is 8.42 Å². The normalized spacial score (nSPS) is 24.9. The molecule has 19 heavy (non-hydrogen) atoms. The van der Waals surface area contributed by atoms with Crippen molar-refractivity contribution in [3.05, 3.63) is 29.8 Å². The van der Waals surface area contributed by atoms with E-state index < -0.39 is 10.0 Å². The third kappa shape index (κ3) is 2.65. The van der Waals surface area contributed by atoms with Gasteiger partial charge in [-0.05, 0) is 37.8 Å². The van der Waals surface area contributed by atoms with E-state index >= 15 is 0 Å². The number of benzene rings is 1. The molecule has 0 radical (unpaired) electrons. The molecule has 5 heteroatoms. The van der Waals surface area contributed by atoms with Gasteiger partial charge >= 0.3 is 0 Å². The van der Waals surface area contributed by atoms with Crippen LogP contribution < -0.4 is 0 Å². The van der Waals surface area contributed by atoms with Gasteiger partial charge in [-0.1, -0.05) is 19.1 Å². The van der Waals surface area contributed by atoms with Crippen LogP contribution in [0, 0.1) is 17.2 Å². The average molecular weight is 278 g/mol. The number of nitriles is 1. The second-order valence-corrected chi connectivity index (χ2v) is 7.06. The Morgan fingerprint density at radius 2 is 2.00 bits per heavy atom. The van der Waals surface area contributed by atoms with E-state index in [1.165, 1.54) is 10.4 Å². The van der Waals surface area contributed by atoms with E-state index in [0.29, 0.717) is 12.5 Å². The summed E-state index contributed by atoms with van der Waals surface area (Å²) in [5.74, 6) is 0.549. The van der Waals surface area contributed by atoms with Gasteiger partial charge in [0.25, 0.3) is 0 Å². The summed E-state index contributed by atoms with van der Waals surface area (Å²) in [6, 6.07) is 8.34. The van der Waals surface area contributed by atoms with Crippen molar-refractivity contribution in [2.24, 2.45) is 5.92 Å². The minimum absolute atomic E-state index is 0.0134. The highest BCUT2D eigenvalue weighted by atomic mass is 32.2. The highest BCUT2D eigenvalue weighted by molar-refractivity contribution is 7.89. The molecular formula is C14H18N2O2S. The summed E-state index contributed by atoms with van der Waals surface area (Å²) < 4.78 is 26.8. The van der Waals surface area contributed by atoms with Gasteiger partial charge in [-0.2, -0.15) is 9.57 Å². The summed E-state index contributed by atoms with van der Waals surface area (Å²) in [5.41, 5.74) is 0.216. The maximum atomic E-state index is 12.7. The van der Waals surface area contributed by atoms with Crippen LogP contribution in [0.2, 0.25) is 0 Å². The Bertz CT molecular complexity index is 604. The maximum Gasteiger partial charge on any atom is 0.244 e. The number of nitrogens with zero attached hydrogens (tertiary/aromatic N) is 2. The van der Waals surface area contributed by atoms with Gasteiger partial charge in [-0.3, -0.25) is 0 Å². The standard InChI is InChI=1S/C14H18N2O2S/c1-11-7-8-16(12(2)9-11)19(17,18)14-6-4-3-5-13(14)10-15/h3-6,11-12H,7-9H2,1-2H3. The van der Waals surface area contributed by atoms with E-state index in [2.05, 4.69) is 6.92 Å². The molecule has 1 aromatic rings. The molecule has 1 aliphatic heterocycles. The molecule has 0 spiro atoms. The van der Waals surface area contributed by atoms with Crippen LogP contribution in [0.3, 0.4) is 0 Å². The number of hydrogen-bond acceptors (Lipinski definition) is 3. The van der Waals surface area contributed by atoms with Crippen molar-refractivity contribution in [3.63, 3.8) is 0 Å². The van der Waals surface area contributed by atoms with E-state index in [1.807, 2.05) is 13.0 Å². The van der Waals surface area contributed by atoms with Crippen molar-refractivity contribution >= 4 is 10.0 Å². The van der Waals surface area contributed by atoms with Crippen LogP contribution in [0.25, 0.3) is 0 Å². The molecule has 0 N–H and O–H groups in total. The Morgan fingerprint density at radius 3 is 2.63 bits per heavy atom. The molecule has 0 amide bonds. The fourth-order valence-corrected chi connectivity index (χ4v) is 4.45. The van der Waals surface area contributed by atoms with Crippen LogP contribution in [0.1, 0.15) is 32.3 Å². The average Bonchev–Trinajstić information content (AvgIpc) is 2.38. The molecule has 0 saturated carbocycles. The van der Waals surface area contributed by atoms with Gasteiger partial charge in [0.15, 0.2) is 0 Å². The molecule has 1 fully saturated rings. The number of piperidine rings is 1. The van der Waals surface area contributed by atoms with Gasteiger partial charge in [0.2, 0.25) is 10.0 Å². The summed E-state index contributed by atoms with van der Waals surface area (Å²) >= 11 is 0. The third-order valence-corrected chi connectivity index (χ3v) is 5.74. The van der Waals surface area contributed by atoms with Crippen molar-refractivity contribution in [1.29, 1.82) is 5.26 Å². The summed E-state index contributed by atoms with van der Waals surface area (Å²) in [6.07, 6.45) is 1.74. The van der Waals surface area contributed by atoms with Gasteiger partial charge in [-0.15, -0.1) is 0 Å². The van der Waals surface area contributed by atoms with Crippen molar-refractivity contribution in [1.82, 2.24) is 4.31 Å². The molecule has 2 rings (SSSR count). The van der Waals surface area contributed by atoms with E-state index in [0.717, 1.165) is 12.8 Å². The first kappa shape index (κ1) is 14.0. The quantitative estimate of drug-likeness (QED) is 0.834. The van der Waals surface area contributed by atoms with Crippen LogP contribution in [0.15, 0.2) is 29.2 Å². The fourth-order valence-electron chi connectivity index (χ4n) is 2.65. The van der Waals surface area contributed by atoms with Crippen molar-refractivity contribution < 1.29 is 8.42 Å². The Balaban J connectivity index is 2.41. The second kappa shape index (κ2) is 5.32. The summed E-state index contributed by atoms with van der Waals surface area (Å²) in [7, 11) is -3.57. The lowest BCUT2D eigenvalue weighted by atomic mass is 9.95. The Labute approximate surface area is 114 Å². The molecule has 102 valence electrons. The smallest absolute Gasteiger partial charge is 0.207 e. The summed E-state index contributed by atoms with van der Waals surface area (Å²) in [5, 5.41) is 9.06. The molecule has 2 unspecified atom stereocenters. The molecule has 1 aliphatic rings. The first-order valence-corrected chi connectivity index (χ1v) is 7.91. The first-order chi connectivity index (χ1) is 8.96. The number of rotatable bonds is 2. The molecule has 2 atom stereocenters. The third-order valence-electron chi connectivity index (χ3n) is 3.67. The zero-order valence-corrected chi connectivity index (χ0v) is 12.0. The van der Waals surface area contributed by atoms with Crippen LogP contribution in [-0.2, 0) is 10.0 Å².